The van der Waals surface area contributed by atoms with Gasteiger partial charge in [0.2, 0.25) is 0 Å². The molecule has 0 saturated heterocycles. The molecule has 4 nitrogen and oxygen atoms in total. The van der Waals surface area contributed by atoms with Crippen LogP contribution in [-0.4, -0.2) is 15.0 Å². The Labute approximate surface area is 357 Å². The molecule has 4 unspecified atom stereocenters. The first-order valence-electron chi connectivity index (χ1n) is 22.8. The number of hydrogen-bond acceptors (Lipinski definition) is 4. The number of hydrogen-bond donors (Lipinski definition) is 0. The van der Waals surface area contributed by atoms with Crippen molar-refractivity contribution in [2.45, 2.75) is 103 Å². The Hall–Kier alpha value is -5.40. The summed E-state index contributed by atoms with van der Waals surface area (Å²) in [6.07, 6.45) is 13.4. The number of rotatable bonds is 7. The summed E-state index contributed by atoms with van der Waals surface area (Å²) < 4.78 is 0. The molecule has 4 aliphatic carbocycles. The molecule has 10 rings (SSSR count). The Balaban J connectivity index is 0.981. The number of nitriles is 1. The molecule has 0 aliphatic heterocycles. The van der Waals surface area contributed by atoms with E-state index in [0.29, 0.717) is 11.4 Å². The van der Waals surface area contributed by atoms with E-state index in [1.165, 1.54) is 75.3 Å². The van der Waals surface area contributed by atoms with Crippen LogP contribution in [0.3, 0.4) is 0 Å². The third kappa shape index (κ3) is 7.51. The third-order valence-electron chi connectivity index (χ3n) is 15.1. The van der Waals surface area contributed by atoms with Crippen LogP contribution in [0.5, 0.6) is 0 Å². The zero-order valence-corrected chi connectivity index (χ0v) is 35.9. The third-order valence-corrected chi connectivity index (χ3v) is 15.1. The molecule has 0 amide bonds. The van der Waals surface area contributed by atoms with Crippen molar-refractivity contribution in [2.75, 3.05) is 0 Å². The Kier molecular flexibility index (Phi) is 10.1. The summed E-state index contributed by atoms with van der Waals surface area (Å²) in [6.45, 7) is 9.87. The fourth-order valence-electron chi connectivity index (χ4n) is 13.2. The second kappa shape index (κ2) is 15.6. The van der Waals surface area contributed by atoms with E-state index in [1.807, 2.05) is 24.3 Å². The van der Waals surface area contributed by atoms with E-state index >= 15 is 0 Å². The summed E-state index contributed by atoms with van der Waals surface area (Å²) in [7, 11) is 0. The molecule has 4 fully saturated rings. The van der Waals surface area contributed by atoms with Crippen LogP contribution in [0.25, 0.3) is 56.4 Å². The van der Waals surface area contributed by atoms with Gasteiger partial charge < -0.3 is 0 Å². The molecule has 5 aromatic carbocycles. The average Bonchev–Trinajstić information content (AvgIpc) is 3.25. The maximum absolute atomic E-state index is 9.20. The molecule has 1 heterocycles. The molecule has 60 heavy (non-hydrogen) atoms. The highest BCUT2D eigenvalue weighted by molar-refractivity contribution is 5.73. The molecule has 8 atom stereocenters. The minimum atomic E-state index is 0.285. The number of benzene rings is 5. The average molecular weight is 787 g/mol. The lowest BCUT2D eigenvalue weighted by molar-refractivity contribution is 0.0779. The smallest absolute Gasteiger partial charge is 0.164 e. The standard InChI is InChI=1S/C56H58N4/c1-36-25-41-26-37(2)30-55(29-36,33-41)50-21-17-48(18-22-50)53-58-52(47-15-13-46(14-16-47)45-11-9-44(10-12-45)43-7-5-40(35-57)6-8-43)59-54(60-53)49-19-23-51(24-20-49)56-31-38(3)27-42(34-56)28-39(4)32-56/h5-24,36-39,41-42H,25-34H2,1-4H3/t36-,37+,38-,39+,41?,42?,55?,56?. The van der Waals surface area contributed by atoms with Gasteiger partial charge in [-0.25, -0.2) is 15.0 Å². The molecule has 0 N–H and O–H groups in total. The maximum atomic E-state index is 9.20. The van der Waals surface area contributed by atoms with Gasteiger partial charge in [-0.05, 0) is 156 Å². The lowest BCUT2D eigenvalue weighted by Crippen LogP contribution is -2.42. The minimum absolute atomic E-state index is 0.285. The van der Waals surface area contributed by atoms with Crippen LogP contribution in [0.15, 0.2) is 121 Å². The van der Waals surface area contributed by atoms with Crippen molar-refractivity contribution >= 4 is 0 Å². The van der Waals surface area contributed by atoms with E-state index < -0.39 is 0 Å². The van der Waals surface area contributed by atoms with Gasteiger partial charge in [-0.2, -0.15) is 5.26 Å². The zero-order valence-electron chi connectivity index (χ0n) is 35.9. The lowest BCUT2D eigenvalue weighted by Gasteiger charge is -2.50. The van der Waals surface area contributed by atoms with E-state index in [0.717, 1.165) is 86.1 Å². The van der Waals surface area contributed by atoms with Gasteiger partial charge in [0.15, 0.2) is 17.5 Å². The van der Waals surface area contributed by atoms with Gasteiger partial charge in [0.05, 0.1) is 11.6 Å². The van der Waals surface area contributed by atoms with E-state index in [9.17, 15) is 5.26 Å². The van der Waals surface area contributed by atoms with Crippen molar-refractivity contribution in [3.8, 4) is 62.5 Å². The summed E-state index contributed by atoms with van der Waals surface area (Å²) in [5.41, 5.74) is 11.8. The molecule has 0 spiro atoms. The van der Waals surface area contributed by atoms with E-state index in [-0.39, 0.29) is 10.8 Å². The SMILES string of the molecule is C[C@@H]1CC2C[C@H](C)CC(c3ccc(-c4nc(-c5ccc(-c6ccc(-c7ccc(C#N)cc7)cc6)cc5)nc(-c5ccc(C67CC(C[C@@H](C)C6)C[C@H](C)C7)cc5)n4)cc3)(C2)C1. The van der Waals surface area contributed by atoms with Gasteiger partial charge >= 0.3 is 0 Å². The maximum Gasteiger partial charge on any atom is 0.164 e. The number of aromatic nitrogens is 3. The van der Waals surface area contributed by atoms with E-state index in [2.05, 4.69) is 131 Å². The highest BCUT2D eigenvalue weighted by Crippen LogP contribution is 2.55. The van der Waals surface area contributed by atoms with Crippen LogP contribution in [0.1, 0.15) is 109 Å². The Morgan fingerprint density at radius 2 is 0.650 bits per heavy atom. The summed E-state index contributed by atoms with van der Waals surface area (Å²) in [5.74, 6) is 6.95. The van der Waals surface area contributed by atoms with Gasteiger partial charge in [0.1, 0.15) is 0 Å². The van der Waals surface area contributed by atoms with Crippen molar-refractivity contribution in [1.29, 1.82) is 5.26 Å². The van der Waals surface area contributed by atoms with Crippen LogP contribution in [-0.2, 0) is 10.8 Å². The molecule has 4 saturated carbocycles. The zero-order chi connectivity index (χ0) is 41.0. The highest BCUT2D eigenvalue weighted by atomic mass is 15.0. The van der Waals surface area contributed by atoms with Crippen molar-refractivity contribution in [3.63, 3.8) is 0 Å². The predicted molar refractivity (Wildman–Crippen MR) is 245 cm³/mol. The van der Waals surface area contributed by atoms with Gasteiger partial charge in [-0.1, -0.05) is 137 Å². The Morgan fingerprint density at radius 1 is 0.383 bits per heavy atom. The van der Waals surface area contributed by atoms with Crippen LogP contribution in [0.2, 0.25) is 0 Å². The van der Waals surface area contributed by atoms with Crippen LogP contribution in [0, 0.1) is 46.8 Å². The van der Waals surface area contributed by atoms with E-state index in [1.54, 1.807) is 0 Å². The second-order valence-corrected chi connectivity index (χ2v) is 20.2. The van der Waals surface area contributed by atoms with Gasteiger partial charge in [-0.3, -0.25) is 0 Å². The topological polar surface area (TPSA) is 62.5 Å². The monoisotopic (exact) mass is 786 g/mol. The van der Waals surface area contributed by atoms with Gasteiger partial charge in [-0.15, -0.1) is 0 Å². The minimum Gasteiger partial charge on any atom is -0.208 e. The fraction of sp³-hybridized carbons (Fsp3) is 0.393. The van der Waals surface area contributed by atoms with Gasteiger partial charge in [0.25, 0.3) is 0 Å². The first-order valence-corrected chi connectivity index (χ1v) is 22.8. The second-order valence-electron chi connectivity index (χ2n) is 20.2. The Bertz CT molecular complexity index is 2370. The first kappa shape index (κ1) is 38.8. The molecule has 4 aliphatic rings. The lowest BCUT2D eigenvalue weighted by atomic mass is 9.54. The predicted octanol–water partition coefficient (Wildman–Crippen LogP) is 14.3. The fourth-order valence-corrected chi connectivity index (χ4v) is 13.2. The first-order chi connectivity index (χ1) is 29.1. The summed E-state index contributed by atoms with van der Waals surface area (Å²) in [6, 6.07) is 45.9. The molecule has 4 bridgehead atoms. The quantitative estimate of drug-likeness (QED) is 0.162. The van der Waals surface area contributed by atoms with Crippen LogP contribution in [0.4, 0.5) is 0 Å². The van der Waals surface area contributed by atoms with Crippen molar-refractivity contribution in [2.24, 2.45) is 35.5 Å². The summed E-state index contributed by atoms with van der Waals surface area (Å²) >= 11 is 0. The summed E-state index contributed by atoms with van der Waals surface area (Å²) in [4.78, 5) is 15.6. The van der Waals surface area contributed by atoms with Gasteiger partial charge in [0, 0.05) is 16.7 Å². The largest absolute Gasteiger partial charge is 0.208 e. The highest BCUT2D eigenvalue weighted by Gasteiger charge is 2.46. The molecule has 1 aromatic heterocycles. The van der Waals surface area contributed by atoms with Crippen LogP contribution < -0.4 is 0 Å². The molecule has 6 aromatic rings. The Morgan fingerprint density at radius 3 is 0.950 bits per heavy atom. The number of fused-ring (bicyclic) bond motifs is 4. The van der Waals surface area contributed by atoms with Crippen molar-refractivity contribution < 1.29 is 0 Å². The molecule has 302 valence electrons. The normalized spacial score (nSPS) is 28.4. The van der Waals surface area contributed by atoms with E-state index in [4.69, 9.17) is 15.0 Å². The molecular weight excluding hydrogens is 729 g/mol. The van der Waals surface area contributed by atoms with Crippen molar-refractivity contribution in [3.05, 3.63) is 138 Å². The molecule has 4 heteroatoms. The van der Waals surface area contributed by atoms with Crippen LogP contribution >= 0.6 is 0 Å². The summed E-state index contributed by atoms with van der Waals surface area (Å²) in [5, 5.41) is 9.20. The molecular formula is C56H58N4. The number of nitrogens with zero attached hydrogens (tertiary/aromatic N) is 4. The molecule has 0 radical (unpaired) electrons. The van der Waals surface area contributed by atoms with Crippen molar-refractivity contribution in [1.82, 2.24) is 15.0 Å².